The maximum atomic E-state index is 5.94. The Morgan fingerprint density at radius 3 is 3.22 bits per heavy atom. The number of anilines is 1. The molecule has 2 N–H and O–H groups in total. The van der Waals surface area contributed by atoms with Crippen LogP contribution in [0.3, 0.4) is 0 Å². The van der Waals surface area contributed by atoms with Gasteiger partial charge in [-0.15, -0.1) is 0 Å². The lowest BCUT2D eigenvalue weighted by atomic mass is 9.92. The fraction of sp³-hybridized carbons (Fsp3) is 0.467. The summed E-state index contributed by atoms with van der Waals surface area (Å²) in [6.07, 6.45) is 5.42. The Morgan fingerprint density at radius 2 is 2.35 bits per heavy atom. The zero-order chi connectivity index (χ0) is 15.6. The van der Waals surface area contributed by atoms with E-state index in [2.05, 4.69) is 30.6 Å². The molecule has 0 bridgehead atoms. The Bertz CT molecular complexity index is 784. The molecule has 23 heavy (non-hydrogen) atoms. The van der Waals surface area contributed by atoms with Crippen LogP contribution < -0.4 is 5.32 Å². The van der Waals surface area contributed by atoms with Gasteiger partial charge in [-0.1, -0.05) is 5.16 Å². The summed E-state index contributed by atoms with van der Waals surface area (Å²) in [5, 5.41) is 15.2. The number of hydrogen-bond donors (Lipinski definition) is 2. The van der Waals surface area contributed by atoms with Gasteiger partial charge in [0.2, 0.25) is 0 Å². The number of nitrogens with zero attached hydrogens (tertiary/aromatic N) is 4. The molecule has 1 fully saturated rings. The average molecular weight is 314 g/mol. The smallest absolute Gasteiger partial charge is 0.263 e. The van der Waals surface area contributed by atoms with E-state index < -0.39 is 0 Å². The van der Waals surface area contributed by atoms with Crippen molar-refractivity contribution < 1.29 is 9.26 Å². The van der Waals surface area contributed by atoms with E-state index in [-0.39, 0.29) is 6.10 Å². The first kappa shape index (κ1) is 14.1. The molecule has 2 atom stereocenters. The zero-order valence-electron chi connectivity index (χ0n) is 12.8. The number of hydrogen-bond acceptors (Lipinski definition) is 7. The van der Waals surface area contributed by atoms with E-state index in [1.54, 1.807) is 6.20 Å². The van der Waals surface area contributed by atoms with Gasteiger partial charge in [0.15, 0.2) is 0 Å². The third kappa shape index (κ3) is 2.65. The zero-order valence-corrected chi connectivity index (χ0v) is 12.8. The number of ether oxygens (including phenoxy) is 1. The van der Waals surface area contributed by atoms with Crippen molar-refractivity contribution >= 4 is 16.9 Å². The Kier molecular flexibility index (Phi) is 3.66. The molecular weight excluding hydrogens is 296 g/mol. The highest BCUT2D eigenvalue weighted by Crippen LogP contribution is 2.33. The minimum Gasteiger partial charge on any atom is -0.372 e. The molecule has 0 amide bonds. The molecular formula is C15H18N6O2. The number of fused-ring (bicyclic) bond motifs is 1. The second-order valence-corrected chi connectivity index (χ2v) is 5.76. The highest BCUT2D eigenvalue weighted by Gasteiger charge is 2.28. The lowest BCUT2D eigenvalue weighted by molar-refractivity contribution is -0.0263. The van der Waals surface area contributed by atoms with Crippen LogP contribution in [0.4, 0.5) is 5.82 Å². The quantitative estimate of drug-likeness (QED) is 0.761. The maximum absolute atomic E-state index is 5.94. The summed E-state index contributed by atoms with van der Waals surface area (Å²) < 4.78 is 11.1. The second-order valence-electron chi connectivity index (χ2n) is 5.76. The first-order valence-corrected chi connectivity index (χ1v) is 7.74. The van der Waals surface area contributed by atoms with E-state index >= 15 is 0 Å². The second kappa shape index (κ2) is 5.96. The van der Waals surface area contributed by atoms with Crippen LogP contribution in [-0.2, 0) is 4.74 Å². The van der Waals surface area contributed by atoms with Crippen molar-refractivity contribution in [1.82, 2.24) is 25.3 Å². The van der Waals surface area contributed by atoms with Crippen LogP contribution in [0.5, 0.6) is 0 Å². The number of aryl methyl sites for hydroxylation is 1. The van der Waals surface area contributed by atoms with Crippen molar-refractivity contribution in [2.24, 2.45) is 5.92 Å². The monoisotopic (exact) mass is 314 g/mol. The lowest BCUT2D eigenvalue weighted by Gasteiger charge is -2.31. The predicted octanol–water partition coefficient (Wildman–Crippen LogP) is 2.23. The van der Waals surface area contributed by atoms with Gasteiger partial charge in [0.05, 0.1) is 11.4 Å². The molecule has 8 nitrogen and oxygen atoms in total. The van der Waals surface area contributed by atoms with Crippen LogP contribution in [0.15, 0.2) is 23.1 Å². The molecule has 1 aliphatic rings. The minimum absolute atomic E-state index is 0.0275. The molecule has 8 heteroatoms. The molecule has 4 rings (SSSR count). The fourth-order valence-electron chi connectivity index (χ4n) is 3.11. The summed E-state index contributed by atoms with van der Waals surface area (Å²) in [5.74, 6) is 1.09. The van der Waals surface area contributed by atoms with Crippen molar-refractivity contribution in [2.45, 2.75) is 25.9 Å². The maximum Gasteiger partial charge on any atom is 0.263 e. The molecule has 0 aliphatic carbocycles. The Balaban J connectivity index is 1.53. The van der Waals surface area contributed by atoms with Crippen LogP contribution in [-0.4, -0.2) is 38.5 Å². The Hall–Kier alpha value is -2.48. The lowest BCUT2D eigenvalue weighted by Crippen LogP contribution is -2.28. The van der Waals surface area contributed by atoms with Gasteiger partial charge in [-0.3, -0.25) is 5.10 Å². The molecule has 1 aliphatic heterocycles. The van der Waals surface area contributed by atoms with Crippen molar-refractivity contribution in [3.05, 3.63) is 30.0 Å². The average Bonchev–Trinajstić information content (AvgIpc) is 3.24. The van der Waals surface area contributed by atoms with Gasteiger partial charge in [-0.05, 0) is 25.8 Å². The van der Waals surface area contributed by atoms with Crippen LogP contribution >= 0.6 is 0 Å². The van der Waals surface area contributed by atoms with Crippen molar-refractivity contribution in [2.75, 3.05) is 18.5 Å². The molecule has 3 aromatic rings. The Labute approximate surface area is 132 Å². The van der Waals surface area contributed by atoms with Gasteiger partial charge in [0.25, 0.3) is 5.71 Å². The molecule has 0 aromatic carbocycles. The summed E-state index contributed by atoms with van der Waals surface area (Å²) in [5.41, 5.74) is 2.31. The summed E-state index contributed by atoms with van der Waals surface area (Å²) in [4.78, 5) is 8.42. The van der Waals surface area contributed by atoms with E-state index in [0.717, 1.165) is 48.6 Å². The minimum atomic E-state index is 0.0275. The summed E-state index contributed by atoms with van der Waals surface area (Å²) in [7, 11) is 0. The van der Waals surface area contributed by atoms with Crippen molar-refractivity contribution in [1.29, 1.82) is 0 Å². The standard InChI is InChI=1S/C15H18N6O2/c1-9-12-14(17-8-18-15(12)23-21-9)16-7-10-3-2-6-22-13(10)11-4-5-19-20-11/h4-5,8,10,13H,2-3,6-7H2,1H3,(H,19,20)(H,16,17,18)/t10-,13+/m0/s1. The molecule has 0 unspecified atom stereocenters. The molecule has 120 valence electrons. The molecule has 0 radical (unpaired) electrons. The first-order chi connectivity index (χ1) is 11.3. The van der Waals surface area contributed by atoms with E-state index in [9.17, 15) is 0 Å². The van der Waals surface area contributed by atoms with Crippen LogP contribution in [0.2, 0.25) is 0 Å². The van der Waals surface area contributed by atoms with Gasteiger partial charge < -0.3 is 14.6 Å². The normalized spacial score (nSPS) is 21.6. The molecule has 1 saturated heterocycles. The topological polar surface area (TPSA) is 102 Å². The van der Waals surface area contributed by atoms with Crippen LogP contribution in [0, 0.1) is 12.8 Å². The highest BCUT2D eigenvalue weighted by atomic mass is 16.5. The SMILES string of the molecule is Cc1noc2ncnc(NC[C@@H]3CCCO[C@H]3c3ccn[nH]3)c12. The molecule has 0 saturated carbocycles. The number of rotatable bonds is 4. The molecule has 3 aromatic heterocycles. The van der Waals surface area contributed by atoms with Crippen molar-refractivity contribution in [3.63, 3.8) is 0 Å². The summed E-state index contributed by atoms with van der Waals surface area (Å²) >= 11 is 0. The third-order valence-electron chi connectivity index (χ3n) is 4.25. The number of H-pyrrole nitrogens is 1. The van der Waals surface area contributed by atoms with Crippen LogP contribution in [0.25, 0.3) is 11.1 Å². The first-order valence-electron chi connectivity index (χ1n) is 7.74. The van der Waals surface area contributed by atoms with E-state index in [1.807, 2.05) is 13.0 Å². The Morgan fingerprint density at radius 1 is 1.39 bits per heavy atom. The van der Waals surface area contributed by atoms with Crippen molar-refractivity contribution in [3.8, 4) is 0 Å². The highest BCUT2D eigenvalue weighted by molar-refractivity contribution is 5.87. The third-order valence-corrected chi connectivity index (χ3v) is 4.25. The molecule has 0 spiro atoms. The van der Waals surface area contributed by atoms with E-state index in [0.29, 0.717) is 11.6 Å². The van der Waals surface area contributed by atoms with E-state index in [1.165, 1.54) is 6.33 Å². The number of aromatic amines is 1. The number of nitrogens with one attached hydrogen (secondary N) is 2. The van der Waals surface area contributed by atoms with Crippen LogP contribution in [0.1, 0.15) is 30.3 Å². The summed E-state index contributed by atoms with van der Waals surface area (Å²) in [6.45, 7) is 3.42. The number of aromatic nitrogens is 5. The van der Waals surface area contributed by atoms with Gasteiger partial charge in [0, 0.05) is 25.3 Å². The van der Waals surface area contributed by atoms with E-state index in [4.69, 9.17) is 9.26 Å². The van der Waals surface area contributed by atoms with Gasteiger partial charge in [-0.25, -0.2) is 4.98 Å². The van der Waals surface area contributed by atoms with Gasteiger partial charge in [0.1, 0.15) is 23.6 Å². The predicted molar refractivity (Wildman–Crippen MR) is 82.8 cm³/mol. The molecule has 4 heterocycles. The summed E-state index contributed by atoms with van der Waals surface area (Å²) in [6, 6.07) is 1.97. The largest absolute Gasteiger partial charge is 0.372 e. The van der Waals surface area contributed by atoms with Gasteiger partial charge >= 0.3 is 0 Å². The van der Waals surface area contributed by atoms with Gasteiger partial charge in [-0.2, -0.15) is 10.1 Å². The fourth-order valence-corrected chi connectivity index (χ4v) is 3.11.